The van der Waals surface area contributed by atoms with Crippen LogP contribution in [0.5, 0.6) is 0 Å². The van der Waals surface area contributed by atoms with Gasteiger partial charge in [-0.3, -0.25) is 9.59 Å². The highest BCUT2D eigenvalue weighted by Crippen LogP contribution is 2.12. The van der Waals surface area contributed by atoms with E-state index in [0.29, 0.717) is 17.4 Å². The van der Waals surface area contributed by atoms with Crippen molar-refractivity contribution in [2.75, 3.05) is 47.5 Å². The number of hydrogen-bond acceptors (Lipinski definition) is 8. The van der Waals surface area contributed by atoms with Crippen molar-refractivity contribution >= 4 is 17.9 Å². The maximum absolute atomic E-state index is 12.8. The van der Waals surface area contributed by atoms with Crippen molar-refractivity contribution in [3.63, 3.8) is 0 Å². The fourth-order valence-corrected chi connectivity index (χ4v) is 6.48. The number of carbonyl (C=O) groups excluding carboxylic acids is 3. The van der Waals surface area contributed by atoms with Gasteiger partial charge < -0.3 is 33.3 Å². The molecule has 0 aliphatic carbocycles. The number of likely N-dealkylation sites (N-methyl/N-ethyl adjacent to an activating group) is 1. The summed E-state index contributed by atoms with van der Waals surface area (Å²) in [6, 6.07) is 0. The van der Waals surface area contributed by atoms with Crippen molar-refractivity contribution in [2.24, 2.45) is 0 Å². The average Bonchev–Trinajstić information content (AvgIpc) is 3.29. The summed E-state index contributed by atoms with van der Waals surface area (Å²) in [6.45, 7) is 4.54. The summed E-state index contributed by atoms with van der Waals surface area (Å²) in [5, 5.41) is 11.7. The average molecular weight is 934 g/mol. The Hall–Kier alpha value is -4.05. The molecule has 0 rings (SSSR count). The number of unbranched alkanes of at least 4 members (excludes halogenated alkanes) is 13. The lowest BCUT2D eigenvalue weighted by molar-refractivity contribution is -0.870. The second-order valence-electron chi connectivity index (χ2n) is 18.1. The molecule has 67 heavy (non-hydrogen) atoms. The fourth-order valence-electron chi connectivity index (χ4n) is 6.48. The first kappa shape index (κ1) is 63.0. The van der Waals surface area contributed by atoms with Crippen molar-refractivity contribution in [1.29, 1.82) is 0 Å². The van der Waals surface area contributed by atoms with E-state index < -0.39 is 24.3 Å². The molecule has 2 atom stereocenters. The molecule has 380 valence electrons. The van der Waals surface area contributed by atoms with E-state index in [9.17, 15) is 19.5 Å². The van der Waals surface area contributed by atoms with Crippen molar-refractivity contribution < 1.29 is 42.9 Å². The molecule has 0 aromatic carbocycles. The third-order valence-electron chi connectivity index (χ3n) is 10.5. The number of quaternary nitrogens is 1. The lowest BCUT2D eigenvalue weighted by atomic mass is 10.1. The van der Waals surface area contributed by atoms with Crippen LogP contribution in [-0.2, 0) is 33.3 Å². The smallest absolute Gasteiger partial charge is 0.306 e. The van der Waals surface area contributed by atoms with Gasteiger partial charge in [-0.05, 0) is 103 Å². The van der Waals surface area contributed by atoms with Gasteiger partial charge in [0, 0.05) is 12.8 Å². The number of allylic oxidation sites excluding steroid dienone is 18. The minimum atomic E-state index is -1.64. The number of esters is 2. The predicted molar refractivity (Wildman–Crippen MR) is 278 cm³/mol. The van der Waals surface area contributed by atoms with Crippen LogP contribution in [0.3, 0.4) is 0 Å². The molecule has 2 unspecified atom stereocenters. The van der Waals surface area contributed by atoms with E-state index in [4.69, 9.17) is 18.9 Å². The van der Waals surface area contributed by atoms with Crippen LogP contribution in [0.15, 0.2) is 109 Å². The van der Waals surface area contributed by atoms with Gasteiger partial charge in [-0.1, -0.05) is 175 Å². The summed E-state index contributed by atoms with van der Waals surface area (Å²) in [6.07, 6.45) is 62.7. The number of carboxylic acid groups (broad SMARTS) is 1. The van der Waals surface area contributed by atoms with Gasteiger partial charge in [0.25, 0.3) is 0 Å². The molecule has 0 saturated heterocycles. The van der Waals surface area contributed by atoms with Crippen molar-refractivity contribution in [3.8, 4) is 0 Å². The molecule has 0 fully saturated rings. The van der Waals surface area contributed by atoms with E-state index in [1.165, 1.54) is 44.9 Å². The monoisotopic (exact) mass is 934 g/mol. The molecule has 0 amide bonds. The zero-order valence-corrected chi connectivity index (χ0v) is 43.0. The highest BCUT2D eigenvalue weighted by molar-refractivity contribution is 5.70. The normalized spacial score (nSPS) is 13.7. The number of nitrogens with zero attached hydrogens (tertiary/aromatic N) is 1. The number of ether oxygens (including phenoxy) is 4. The van der Waals surface area contributed by atoms with E-state index in [2.05, 4.69) is 123 Å². The van der Waals surface area contributed by atoms with Crippen LogP contribution in [-0.4, -0.2) is 82.3 Å². The third-order valence-corrected chi connectivity index (χ3v) is 10.5. The molecule has 0 radical (unpaired) electrons. The molecule has 0 N–H and O–H groups in total. The summed E-state index contributed by atoms with van der Waals surface area (Å²) in [4.78, 5) is 37.1. The van der Waals surface area contributed by atoms with Gasteiger partial charge in [0.1, 0.15) is 13.2 Å². The Kier molecular flexibility index (Phi) is 45.5. The van der Waals surface area contributed by atoms with Gasteiger partial charge in [-0.25, -0.2) is 0 Å². The molecule has 0 bridgehead atoms. The predicted octanol–water partition coefficient (Wildman–Crippen LogP) is 13.4. The van der Waals surface area contributed by atoms with Gasteiger partial charge >= 0.3 is 11.9 Å². The summed E-state index contributed by atoms with van der Waals surface area (Å²) < 4.78 is 22.5. The van der Waals surface area contributed by atoms with E-state index in [1.54, 1.807) is 0 Å². The second kappa shape index (κ2) is 48.4. The molecule has 0 heterocycles. The second-order valence-corrected chi connectivity index (χ2v) is 18.1. The molecular formula is C58H95NO8. The summed E-state index contributed by atoms with van der Waals surface area (Å²) in [7, 11) is 5.89. The Balaban J connectivity index is 4.46. The highest BCUT2D eigenvalue weighted by atomic mass is 16.7. The molecule has 9 heteroatoms. The van der Waals surface area contributed by atoms with E-state index in [0.717, 1.165) is 103 Å². The zero-order valence-electron chi connectivity index (χ0n) is 43.0. The van der Waals surface area contributed by atoms with E-state index in [1.807, 2.05) is 21.1 Å². The first-order valence-electron chi connectivity index (χ1n) is 26.0. The maximum atomic E-state index is 12.8. The molecule has 0 aromatic heterocycles. The zero-order chi connectivity index (χ0) is 49.2. The Morgan fingerprint density at radius 1 is 0.463 bits per heavy atom. The topological polar surface area (TPSA) is 111 Å². The summed E-state index contributed by atoms with van der Waals surface area (Å²) >= 11 is 0. The van der Waals surface area contributed by atoms with Crippen LogP contribution in [0.25, 0.3) is 0 Å². The van der Waals surface area contributed by atoms with Crippen LogP contribution >= 0.6 is 0 Å². The quantitative estimate of drug-likeness (QED) is 0.0195. The number of carboxylic acids is 1. The summed E-state index contributed by atoms with van der Waals surface area (Å²) in [5.74, 6) is -2.37. The maximum Gasteiger partial charge on any atom is 0.306 e. The Labute approximate surface area is 409 Å². The Morgan fingerprint density at radius 3 is 1.31 bits per heavy atom. The number of hydrogen-bond donors (Lipinski definition) is 0. The lowest BCUT2D eigenvalue weighted by Crippen LogP contribution is -2.44. The third kappa shape index (κ3) is 49.7. The molecule has 0 saturated carbocycles. The van der Waals surface area contributed by atoms with E-state index in [-0.39, 0.29) is 38.6 Å². The first-order chi connectivity index (χ1) is 32.6. The SMILES string of the molecule is CC/C=C\C/C=C\C/C=C\C/C=C\C/C=C\C/C=C\C/C=C\C/C=C\CCCCC(=O)OC(COC(=O)CCCCCCC/C=C\CCCCCCCC)COC(OCC[N+](C)(C)C)C(=O)[O-]. The standard InChI is InChI=1S/C58H95NO8/c1-6-8-10-12-14-16-18-20-22-23-24-25-26-27-28-29-30-31-32-33-35-37-39-41-43-45-47-49-56(61)67-54(53-66-58(57(62)63)64-51-50-59(3,4)5)52-65-55(60)48-46-44-42-40-38-36-34-21-19-17-15-13-11-9-7-2/h8,10,14,16,20-22,24-25,27-28,30-31,33-35,39,41,54,58H,6-7,9,11-13,15,17-19,23,26,29,32,36-38,40,42-53H2,1-5H3/b10-8-,16-14-,22-20-,25-24-,28-27-,31-30-,34-21-,35-33-,41-39-. The first-order valence-corrected chi connectivity index (χ1v) is 26.0. The minimum absolute atomic E-state index is 0.132. The van der Waals surface area contributed by atoms with E-state index >= 15 is 0 Å². The number of aliphatic carboxylic acids is 1. The molecule has 0 aliphatic rings. The fraction of sp³-hybridized carbons (Fsp3) is 0.638. The van der Waals surface area contributed by atoms with Gasteiger partial charge in [0.2, 0.25) is 0 Å². The van der Waals surface area contributed by atoms with Gasteiger partial charge in [0.15, 0.2) is 12.4 Å². The van der Waals surface area contributed by atoms with Crippen LogP contribution < -0.4 is 5.11 Å². The number of carbonyl (C=O) groups is 3. The van der Waals surface area contributed by atoms with Gasteiger partial charge in [0.05, 0.1) is 40.3 Å². The Morgan fingerprint density at radius 2 is 0.851 bits per heavy atom. The van der Waals surface area contributed by atoms with Crippen LogP contribution in [0.2, 0.25) is 0 Å². The van der Waals surface area contributed by atoms with Crippen LogP contribution in [0.4, 0.5) is 0 Å². The van der Waals surface area contributed by atoms with Gasteiger partial charge in [-0.15, -0.1) is 0 Å². The minimum Gasteiger partial charge on any atom is -0.545 e. The van der Waals surface area contributed by atoms with Crippen molar-refractivity contribution in [1.82, 2.24) is 0 Å². The number of rotatable bonds is 46. The molecule has 0 spiro atoms. The summed E-state index contributed by atoms with van der Waals surface area (Å²) in [5.41, 5.74) is 0. The lowest BCUT2D eigenvalue weighted by Gasteiger charge is -2.26. The van der Waals surface area contributed by atoms with Crippen molar-refractivity contribution in [2.45, 2.75) is 193 Å². The largest absolute Gasteiger partial charge is 0.545 e. The van der Waals surface area contributed by atoms with Crippen LogP contribution in [0.1, 0.15) is 181 Å². The molecular weight excluding hydrogens is 839 g/mol. The van der Waals surface area contributed by atoms with Crippen LogP contribution in [0, 0.1) is 0 Å². The highest BCUT2D eigenvalue weighted by Gasteiger charge is 2.21. The Bertz CT molecular complexity index is 1460. The van der Waals surface area contributed by atoms with Gasteiger partial charge in [-0.2, -0.15) is 0 Å². The molecule has 0 aromatic rings. The van der Waals surface area contributed by atoms with Crippen molar-refractivity contribution in [3.05, 3.63) is 109 Å². The molecule has 9 nitrogen and oxygen atoms in total. The molecule has 0 aliphatic heterocycles.